The highest BCUT2D eigenvalue weighted by Crippen LogP contribution is 2.42. The molecule has 0 saturated carbocycles. The van der Waals surface area contributed by atoms with Crippen molar-refractivity contribution < 1.29 is 28.1 Å². The second-order valence-electron chi connectivity index (χ2n) is 13.3. The highest BCUT2D eigenvalue weighted by molar-refractivity contribution is 7.89. The predicted octanol–water partition coefficient (Wildman–Crippen LogP) is 7.17. The molecule has 9 heteroatoms. The molecule has 1 aliphatic heterocycles. The van der Waals surface area contributed by atoms with Gasteiger partial charge in [-0.3, -0.25) is 4.90 Å². The smallest absolute Gasteiger partial charge is 0.240 e. The van der Waals surface area contributed by atoms with Gasteiger partial charge in [0.25, 0.3) is 0 Å². The normalized spacial score (nSPS) is 20.6. The second-order valence-corrected chi connectivity index (χ2v) is 15.1. The van der Waals surface area contributed by atoms with Crippen molar-refractivity contribution in [3.8, 4) is 11.1 Å². The van der Waals surface area contributed by atoms with Crippen LogP contribution in [0.5, 0.6) is 0 Å². The van der Waals surface area contributed by atoms with Crippen molar-refractivity contribution in [3.63, 3.8) is 0 Å². The van der Waals surface area contributed by atoms with E-state index in [-0.39, 0.29) is 42.2 Å². The molecule has 5 aromatic carbocycles. The SMILES string of the molecule is C[C@@H]1[C@H](CN(C)[C@@H](C)[C@H](O)c2ccccc2)O[C@H](c2ccc(-c3cccc(CNS(=O)(=O)c4ccccc4)c3)cc2)O[C@@H]1c1ccc(CO)cc1. The van der Waals surface area contributed by atoms with E-state index in [9.17, 15) is 18.6 Å². The number of hydrogen-bond acceptors (Lipinski definition) is 7. The van der Waals surface area contributed by atoms with Gasteiger partial charge in [0.15, 0.2) is 6.29 Å². The molecule has 51 heavy (non-hydrogen) atoms. The van der Waals surface area contributed by atoms with Crippen LogP contribution in [0.25, 0.3) is 11.1 Å². The fourth-order valence-corrected chi connectivity index (χ4v) is 7.54. The molecule has 8 nitrogen and oxygen atoms in total. The number of rotatable bonds is 13. The van der Waals surface area contributed by atoms with Crippen LogP contribution in [0.2, 0.25) is 0 Å². The average Bonchev–Trinajstić information content (AvgIpc) is 3.18. The maximum atomic E-state index is 12.8. The monoisotopic (exact) mass is 706 g/mol. The molecule has 5 aromatic rings. The average molecular weight is 707 g/mol. The van der Waals surface area contributed by atoms with Crippen LogP contribution < -0.4 is 4.72 Å². The fraction of sp³-hybridized carbons (Fsp3) is 0.286. The summed E-state index contributed by atoms with van der Waals surface area (Å²) in [6.45, 7) is 4.88. The number of aliphatic hydroxyl groups excluding tert-OH is 2. The van der Waals surface area contributed by atoms with E-state index in [1.54, 1.807) is 30.3 Å². The molecule has 3 N–H and O–H groups in total. The lowest BCUT2D eigenvalue weighted by molar-refractivity contribution is -0.276. The van der Waals surface area contributed by atoms with Gasteiger partial charge in [-0.15, -0.1) is 0 Å². The summed E-state index contributed by atoms with van der Waals surface area (Å²) in [6.07, 6.45) is -1.76. The fourth-order valence-electron chi connectivity index (χ4n) is 6.50. The van der Waals surface area contributed by atoms with Crippen LogP contribution in [0.3, 0.4) is 0 Å². The highest BCUT2D eigenvalue weighted by Gasteiger charge is 2.39. The molecule has 1 aliphatic rings. The van der Waals surface area contributed by atoms with Crippen molar-refractivity contribution in [2.75, 3.05) is 13.6 Å². The molecule has 0 aliphatic carbocycles. The summed E-state index contributed by atoms with van der Waals surface area (Å²) in [5.74, 6) is -0.00827. The van der Waals surface area contributed by atoms with E-state index in [4.69, 9.17) is 9.47 Å². The predicted molar refractivity (Wildman–Crippen MR) is 199 cm³/mol. The molecule has 0 unspecified atom stereocenters. The number of nitrogens with one attached hydrogen (secondary N) is 1. The number of benzene rings is 5. The van der Waals surface area contributed by atoms with Gasteiger partial charge >= 0.3 is 0 Å². The molecular weight excluding hydrogens is 661 g/mol. The lowest BCUT2D eigenvalue weighted by Crippen LogP contribution is -2.46. The first-order valence-electron chi connectivity index (χ1n) is 17.3. The van der Waals surface area contributed by atoms with Crippen molar-refractivity contribution >= 4 is 10.0 Å². The molecule has 1 saturated heterocycles. The Labute approximate surface area is 301 Å². The number of sulfonamides is 1. The molecule has 0 aromatic heterocycles. The van der Waals surface area contributed by atoms with Gasteiger partial charge < -0.3 is 19.7 Å². The van der Waals surface area contributed by atoms with Gasteiger partial charge in [-0.1, -0.05) is 122 Å². The van der Waals surface area contributed by atoms with Gasteiger partial charge in [0.2, 0.25) is 10.0 Å². The first-order valence-corrected chi connectivity index (χ1v) is 18.8. The van der Waals surface area contributed by atoms with Crippen LogP contribution in [0, 0.1) is 5.92 Å². The number of aliphatic hydroxyl groups is 2. The lowest BCUT2D eigenvalue weighted by Gasteiger charge is -2.43. The quantitative estimate of drug-likeness (QED) is 0.119. The molecule has 0 radical (unpaired) electrons. The molecule has 0 bridgehead atoms. The third kappa shape index (κ3) is 8.83. The summed E-state index contributed by atoms with van der Waals surface area (Å²) in [7, 11) is -1.61. The molecule has 1 fully saturated rings. The van der Waals surface area contributed by atoms with E-state index >= 15 is 0 Å². The second kappa shape index (κ2) is 16.4. The van der Waals surface area contributed by atoms with Crippen LogP contribution in [-0.4, -0.2) is 49.3 Å². The summed E-state index contributed by atoms with van der Waals surface area (Å²) in [5, 5.41) is 20.8. The molecule has 0 amide bonds. The van der Waals surface area contributed by atoms with Crippen LogP contribution >= 0.6 is 0 Å². The molecule has 266 valence electrons. The van der Waals surface area contributed by atoms with Crippen LogP contribution in [0.1, 0.15) is 60.2 Å². The van der Waals surface area contributed by atoms with Gasteiger partial charge in [0.05, 0.1) is 29.8 Å². The number of ether oxygens (including phenoxy) is 2. The van der Waals surface area contributed by atoms with Gasteiger partial charge in [-0.05, 0) is 65.6 Å². The largest absolute Gasteiger partial charge is 0.392 e. The Morgan fingerprint density at radius 2 is 1.41 bits per heavy atom. The summed E-state index contributed by atoms with van der Waals surface area (Å²) in [5.41, 5.74) is 6.38. The summed E-state index contributed by atoms with van der Waals surface area (Å²) >= 11 is 0. The zero-order chi connectivity index (χ0) is 36.0. The van der Waals surface area contributed by atoms with Gasteiger partial charge in [-0.2, -0.15) is 0 Å². The van der Waals surface area contributed by atoms with Crippen molar-refractivity contribution in [1.82, 2.24) is 9.62 Å². The third-order valence-corrected chi connectivity index (χ3v) is 11.3. The van der Waals surface area contributed by atoms with E-state index in [0.29, 0.717) is 6.54 Å². The van der Waals surface area contributed by atoms with Gasteiger partial charge in [0, 0.05) is 30.6 Å². The van der Waals surface area contributed by atoms with E-state index in [0.717, 1.165) is 38.9 Å². The number of nitrogens with zero attached hydrogens (tertiary/aromatic N) is 1. The van der Waals surface area contributed by atoms with E-state index in [1.807, 2.05) is 117 Å². The Morgan fingerprint density at radius 3 is 2.08 bits per heavy atom. The van der Waals surface area contributed by atoms with Crippen LogP contribution in [-0.2, 0) is 32.6 Å². The Hall–Kier alpha value is -4.19. The minimum absolute atomic E-state index is 0.00827. The minimum atomic E-state index is -3.62. The highest BCUT2D eigenvalue weighted by atomic mass is 32.2. The Bertz CT molecular complexity index is 1960. The van der Waals surface area contributed by atoms with Crippen molar-refractivity contribution in [2.45, 2.75) is 62.5 Å². The Morgan fingerprint density at radius 1 is 0.765 bits per heavy atom. The third-order valence-electron chi connectivity index (χ3n) is 9.85. The number of hydrogen-bond donors (Lipinski definition) is 3. The molecule has 1 heterocycles. The summed E-state index contributed by atoms with van der Waals surface area (Å²) in [4.78, 5) is 2.37. The molecular formula is C42H46N2O6S. The minimum Gasteiger partial charge on any atom is -0.392 e. The Balaban J connectivity index is 1.19. The maximum Gasteiger partial charge on any atom is 0.240 e. The van der Waals surface area contributed by atoms with E-state index in [1.165, 1.54) is 0 Å². The standard InChI is InChI=1S/C42H46N2O6S/c1-29-39(27-44(3)30(2)40(46)34-12-6-4-7-13-34)49-42(50-41(29)35-19-17-31(28-45)18-20-35)36-23-21-33(22-24-36)37-14-10-11-32(25-37)26-43-51(47,48)38-15-8-5-9-16-38/h4-25,29-30,39-43,45-46H,26-28H2,1-3H3/t29-,30+,39+,40+,41+,42+/m1/s1. The maximum absolute atomic E-state index is 12.8. The summed E-state index contributed by atoms with van der Waals surface area (Å²) in [6, 6.07) is 41.6. The van der Waals surface area contributed by atoms with Crippen LogP contribution in [0.15, 0.2) is 138 Å². The zero-order valence-corrected chi connectivity index (χ0v) is 30.0. The Kier molecular flexibility index (Phi) is 11.8. The number of likely N-dealkylation sites (N-methyl/N-ethyl adjacent to an activating group) is 1. The first-order chi connectivity index (χ1) is 24.6. The van der Waals surface area contributed by atoms with E-state index < -0.39 is 22.4 Å². The molecule has 6 atom stereocenters. The zero-order valence-electron chi connectivity index (χ0n) is 29.2. The van der Waals surface area contributed by atoms with Crippen molar-refractivity contribution in [3.05, 3.63) is 161 Å². The first kappa shape index (κ1) is 36.6. The van der Waals surface area contributed by atoms with Crippen molar-refractivity contribution in [1.29, 1.82) is 0 Å². The van der Waals surface area contributed by atoms with Crippen molar-refractivity contribution in [2.24, 2.45) is 5.92 Å². The van der Waals surface area contributed by atoms with Gasteiger partial charge in [-0.25, -0.2) is 13.1 Å². The topological polar surface area (TPSA) is 108 Å². The summed E-state index contributed by atoms with van der Waals surface area (Å²) < 4.78 is 41.6. The molecule has 6 rings (SSSR count). The van der Waals surface area contributed by atoms with Crippen LogP contribution in [0.4, 0.5) is 0 Å². The van der Waals surface area contributed by atoms with Gasteiger partial charge in [0.1, 0.15) is 0 Å². The van der Waals surface area contributed by atoms with E-state index in [2.05, 4.69) is 16.5 Å². The lowest BCUT2D eigenvalue weighted by atomic mass is 9.89. The molecule has 0 spiro atoms.